The Kier molecular flexibility index (Phi) is 5.93. The second kappa shape index (κ2) is 8.16. The molecule has 9 nitrogen and oxygen atoms in total. The molecule has 1 atom stereocenters. The molecule has 166 valence electrons. The van der Waals surface area contributed by atoms with Gasteiger partial charge in [0.2, 0.25) is 0 Å². The number of rotatable bonds is 7. The van der Waals surface area contributed by atoms with E-state index in [1.54, 1.807) is 6.92 Å². The number of carbonyl (C=O) groups excluding carboxylic acids is 3. The molecule has 0 bridgehead atoms. The summed E-state index contributed by atoms with van der Waals surface area (Å²) < 4.78 is 10.9. The number of phenolic OH excluding ortho intramolecular Hbond substituents is 2. The summed E-state index contributed by atoms with van der Waals surface area (Å²) in [4.78, 5) is 38.5. The highest BCUT2D eigenvalue weighted by Gasteiger charge is 2.56. The van der Waals surface area contributed by atoms with E-state index in [9.17, 15) is 24.6 Å². The van der Waals surface area contributed by atoms with E-state index in [1.807, 2.05) is 0 Å². The zero-order valence-corrected chi connectivity index (χ0v) is 17.8. The third-order valence-electron chi connectivity index (χ3n) is 5.63. The number of ketones is 3. The molecule has 4 N–H and O–H groups in total. The molecule has 0 spiro atoms. The quantitative estimate of drug-likeness (QED) is 0.216. The van der Waals surface area contributed by atoms with Crippen LogP contribution in [-0.2, 0) is 19.7 Å². The summed E-state index contributed by atoms with van der Waals surface area (Å²) in [6.45, 7) is 6.40. The van der Waals surface area contributed by atoms with Gasteiger partial charge in [-0.2, -0.15) is 0 Å². The first-order chi connectivity index (χ1) is 14.6. The van der Waals surface area contributed by atoms with Gasteiger partial charge in [0.05, 0.1) is 31.0 Å². The Morgan fingerprint density at radius 3 is 2.48 bits per heavy atom. The third kappa shape index (κ3) is 3.39. The predicted molar refractivity (Wildman–Crippen MR) is 109 cm³/mol. The van der Waals surface area contributed by atoms with E-state index in [2.05, 4.69) is 5.32 Å². The first-order valence-electron chi connectivity index (χ1n) is 9.79. The van der Waals surface area contributed by atoms with Crippen molar-refractivity contribution < 1.29 is 39.2 Å². The molecule has 0 aromatic heterocycles. The van der Waals surface area contributed by atoms with Crippen molar-refractivity contribution in [1.29, 1.82) is 0 Å². The van der Waals surface area contributed by atoms with Gasteiger partial charge in [-0.3, -0.25) is 14.4 Å². The van der Waals surface area contributed by atoms with Crippen molar-refractivity contribution in [2.45, 2.75) is 33.1 Å². The number of fused-ring (bicyclic) bond motifs is 3. The molecule has 0 amide bonds. The van der Waals surface area contributed by atoms with Gasteiger partial charge < -0.3 is 30.1 Å². The van der Waals surface area contributed by atoms with Crippen LogP contribution in [0.15, 0.2) is 23.1 Å². The average molecular weight is 431 g/mol. The summed E-state index contributed by atoms with van der Waals surface area (Å²) in [5.41, 5.74) is -1.37. The zero-order chi connectivity index (χ0) is 23.1. The molecule has 0 radical (unpaired) electrons. The molecule has 1 heterocycles. The Morgan fingerprint density at radius 2 is 1.87 bits per heavy atom. The van der Waals surface area contributed by atoms with Crippen molar-refractivity contribution in [1.82, 2.24) is 5.32 Å². The van der Waals surface area contributed by atoms with Crippen molar-refractivity contribution in [2.24, 2.45) is 0 Å². The highest BCUT2D eigenvalue weighted by molar-refractivity contribution is 6.31. The standard InChI is InChI=1S/C22H25NO8/c1-10-18(27)16(12(3)25)20-17(19(10)28)22(4)14(31-20)9-13(26)15(21(22)29)11(2)23-5-7-30-8-6-24/h9,23-24,27-28H,5-8H2,1-4H3/b15-11+/t22-/m0/s1. The lowest BCUT2D eigenvalue weighted by Crippen LogP contribution is -2.41. The van der Waals surface area contributed by atoms with Crippen LogP contribution in [0.1, 0.15) is 42.3 Å². The molecule has 0 saturated carbocycles. The van der Waals surface area contributed by atoms with Gasteiger partial charge in [-0.1, -0.05) is 0 Å². The minimum Gasteiger partial charge on any atom is -0.507 e. The number of carbonyl (C=O) groups is 3. The second-order valence-electron chi connectivity index (χ2n) is 7.65. The molecule has 0 fully saturated rings. The van der Waals surface area contributed by atoms with Gasteiger partial charge in [-0.15, -0.1) is 0 Å². The number of Topliss-reactive ketones (excluding diaryl/α,β-unsaturated/α-hetero) is 2. The molecular weight excluding hydrogens is 406 g/mol. The fourth-order valence-corrected chi connectivity index (χ4v) is 3.93. The van der Waals surface area contributed by atoms with E-state index in [4.69, 9.17) is 14.6 Å². The van der Waals surface area contributed by atoms with Crippen LogP contribution in [0.4, 0.5) is 0 Å². The predicted octanol–water partition coefficient (Wildman–Crippen LogP) is 1.17. The topological polar surface area (TPSA) is 142 Å². The van der Waals surface area contributed by atoms with Crippen LogP contribution in [0.25, 0.3) is 0 Å². The van der Waals surface area contributed by atoms with Crippen molar-refractivity contribution in [3.8, 4) is 17.2 Å². The fourth-order valence-electron chi connectivity index (χ4n) is 3.93. The van der Waals surface area contributed by atoms with E-state index in [-0.39, 0.29) is 59.3 Å². The number of aromatic hydroxyl groups is 2. The van der Waals surface area contributed by atoms with Crippen LogP contribution in [0.3, 0.4) is 0 Å². The SMILES string of the molecule is CC(=O)c1c(O)c(C)c(O)c2c1OC1=CC(=O)/C(=C(/C)NCCOCCO)C(=O)[C@@]12C. The van der Waals surface area contributed by atoms with Crippen molar-refractivity contribution in [3.05, 3.63) is 39.8 Å². The van der Waals surface area contributed by atoms with Crippen LogP contribution >= 0.6 is 0 Å². The average Bonchev–Trinajstić information content (AvgIpc) is 2.99. The van der Waals surface area contributed by atoms with Gasteiger partial charge in [-0.25, -0.2) is 0 Å². The molecule has 0 saturated heterocycles. The van der Waals surface area contributed by atoms with Crippen molar-refractivity contribution in [2.75, 3.05) is 26.4 Å². The maximum absolute atomic E-state index is 13.5. The number of phenols is 2. The smallest absolute Gasteiger partial charge is 0.194 e. The van der Waals surface area contributed by atoms with Crippen LogP contribution < -0.4 is 10.1 Å². The zero-order valence-electron chi connectivity index (χ0n) is 17.8. The van der Waals surface area contributed by atoms with Gasteiger partial charge in [-0.05, 0) is 27.7 Å². The molecule has 31 heavy (non-hydrogen) atoms. The molecule has 9 heteroatoms. The normalized spacial score (nSPS) is 21.3. The van der Waals surface area contributed by atoms with E-state index in [0.717, 1.165) is 0 Å². The van der Waals surface area contributed by atoms with Crippen LogP contribution in [0.5, 0.6) is 17.2 Å². The highest BCUT2D eigenvalue weighted by Crippen LogP contribution is 2.57. The summed E-state index contributed by atoms with van der Waals surface area (Å²) in [5, 5.41) is 32.8. The number of ether oxygens (including phenoxy) is 2. The second-order valence-corrected chi connectivity index (χ2v) is 7.65. The summed E-state index contributed by atoms with van der Waals surface area (Å²) in [7, 11) is 0. The highest BCUT2D eigenvalue weighted by atomic mass is 16.5. The maximum Gasteiger partial charge on any atom is 0.194 e. The molecule has 1 aliphatic heterocycles. The van der Waals surface area contributed by atoms with Gasteiger partial charge >= 0.3 is 0 Å². The van der Waals surface area contributed by atoms with Gasteiger partial charge in [0, 0.05) is 23.9 Å². The minimum absolute atomic E-state index is 0.0110. The number of benzene rings is 1. The van der Waals surface area contributed by atoms with E-state index < -0.39 is 28.5 Å². The number of hydrogen-bond donors (Lipinski definition) is 4. The Morgan fingerprint density at radius 1 is 1.19 bits per heavy atom. The number of aliphatic hydroxyl groups excluding tert-OH is 1. The lowest BCUT2D eigenvalue weighted by Gasteiger charge is -2.29. The monoisotopic (exact) mass is 431 g/mol. The lowest BCUT2D eigenvalue weighted by atomic mass is 9.70. The van der Waals surface area contributed by atoms with E-state index in [1.165, 1.54) is 26.8 Å². The Bertz CT molecular complexity index is 1050. The van der Waals surface area contributed by atoms with Crippen LogP contribution in [-0.4, -0.2) is 59.0 Å². The summed E-state index contributed by atoms with van der Waals surface area (Å²) in [6.07, 6.45) is 1.17. The summed E-state index contributed by atoms with van der Waals surface area (Å²) in [6, 6.07) is 0. The number of allylic oxidation sites excluding steroid dienone is 4. The molecule has 1 aromatic rings. The van der Waals surface area contributed by atoms with Gasteiger partial charge in [0.1, 0.15) is 34.0 Å². The van der Waals surface area contributed by atoms with Crippen molar-refractivity contribution in [3.63, 3.8) is 0 Å². The van der Waals surface area contributed by atoms with Crippen molar-refractivity contribution >= 4 is 17.3 Å². The first-order valence-corrected chi connectivity index (χ1v) is 9.79. The molecule has 0 unspecified atom stereocenters. The maximum atomic E-state index is 13.5. The minimum atomic E-state index is -1.54. The number of hydrogen-bond acceptors (Lipinski definition) is 9. The molecular formula is C22H25NO8. The first kappa shape index (κ1) is 22.5. The van der Waals surface area contributed by atoms with Crippen LogP contribution in [0.2, 0.25) is 0 Å². The molecule has 1 aromatic carbocycles. The van der Waals surface area contributed by atoms with E-state index >= 15 is 0 Å². The number of aliphatic hydroxyl groups is 1. The third-order valence-corrected chi connectivity index (χ3v) is 5.63. The fraction of sp³-hybridized carbons (Fsp3) is 0.409. The number of nitrogens with one attached hydrogen (secondary N) is 1. The molecule has 1 aliphatic carbocycles. The molecule has 2 aliphatic rings. The summed E-state index contributed by atoms with van der Waals surface area (Å²) >= 11 is 0. The van der Waals surface area contributed by atoms with Gasteiger partial charge in [0.25, 0.3) is 0 Å². The lowest BCUT2D eigenvalue weighted by molar-refractivity contribution is -0.123. The van der Waals surface area contributed by atoms with Gasteiger partial charge in [0.15, 0.2) is 17.3 Å². The Labute approximate surface area is 179 Å². The largest absolute Gasteiger partial charge is 0.507 e. The van der Waals surface area contributed by atoms with E-state index in [0.29, 0.717) is 12.2 Å². The Hall–Kier alpha value is -3.17. The Balaban J connectivity index is 2.10. The molecule has 3 rings (SSSR count). The summed E-state index contributed by atoms with van der Waals surface area (Å²) in [5.74, 6) is -2.60. The van der Waals surface area contributed by atoms with Crippen LogP contribution in [0, 0.1) is 6.92 Å².